The molecule has 0 spiro atoms. The minimum Gasteiger partial charge on any atom is -0.392 e. The Morgan fingerprint density at radius 2 is 2.09 bits per heavy atom. The van der Waals surface area contributed by atoms with Gasteiger partial charge in [0.25, 0.3) is 0 Å². The van der Waals surface area contributed by atoms with Crippen molar-refractivity contribution in [3.8, 4) is 0 Å². The molecule has 1 heterocycles. The molecule has 0 aromatic heterocycles. The van der Waals surface area contributed by atoms with Gasteiger partial charge in [0.15, 0.2) is 0 Å². The van der Waals surface area contributed by atoms with Crippen LogP contribution in [0.5, 0.6) is 0 Å². The Morgan fingerprint density at radius 1 is 1.27 bits per heavy atom. The summed E-state index contributed by atoms with van der Waals surface area (Å²) in [5, 5.41) is 9.37. The van der Waals surface area contributed by atoms with Gasteiger partial charge in [-0.2, -0.15) is 0 Å². The van der Waals surface area contributed by atoms with Crippen LogP contribution in [0.3, 0.4) is 0 Å². The van der Waals surface area contributed by atoms with Crippen LogP contribution in [-0.2, 0) is 0 Å². The van der Waals surface area contributed by atoms with Crippen molar-refractivity contribution in [2.75, 3.05) is 19.6 Å². The molecule has 2 rings (SSSR count). The van der Waals surface area contributed by atoms with Crippen LogP contribution in [0.15, 0.2) is 0 Å². The monoisotopic (exact) mass is 155 g/mol. The molecule has 0 aromatic rings. The van der Waals surface area contributed by atoms with E-state index in [-0.39, 0.29) is 6.10 Å². The third kappa shape index (κ3) is 2.17. The predicted molar refractivity (Wildman–Crippen MR) is 44.4 cm³/mol. The van der Waals surface area contributed by atoms with E-state index in [1.54, 1.807) is 0 Å². The van der Waals surface area contributed by atoms with Gasteiger partial charge < -0.3 is 10.0 Å². The van der Waals surface area contributed by atoms with Gasteiger partial charge in [-0.15, -0.1) is 0 Å². The second kappa shape index (κ2) is 3.11. The lowest BCUT2D eigenvalue weighted by atomic mass is 10.1. The molecule has 2 fully saturated rings. The van der Waals surface area contributed by atoms with Crippen molar-refractivity contribution in [3.63, 3.8) is 0 Å². The smallest absolute Gasteiger partial charge is 0.0667 e. The summed E-state index contributed by atoms with van der Waals surface area (Å²) >= 11 is 0. The van der Waals surface area contributed by atoms with Gasteiger partial charge in [0.05, 0.1) is 6.10 Å². The Labute approximate surface area is 68.2 Å². The van der Waals surface area contributed by atoms with Crippen molar-refractivity contribution in [2.45, 2.75) is 31.8 Å². The zero-order valence-corrected chi connectivity index (χ0v) is 7.00. The maximum absolute atomic E-state index is 9.37. The van der Waals surface area contributed by atoms with Gasteiger partial charge in [-0.3, -0.25) is 0 Å². The van der Waals surface area contributed by atoms with Crippen molar-refractivity contribution in [2.24, 2.45) is 5.92 Å². The average Bonchev–Trinajstić information content (AvgIpc) is 2.71. The molecule has 1 aliphatic heterocycles. The fraction of sp³-hybridized carbons (Fsp3) is 1.00. The van der Waals surface area contributed by atoms with Crippen molar-refractivity contribution in [3.05, 3.63) is 0 Å². The Bertz CT molecular complexity index is 132. The third-order valence-corrected chi connectivity index (χ3v) is 2.69. The minimum absolute atomic E-state index is 0.0394. The van der Waals surface area contributed by atoms with E-state index in [0.717, 1.165) is 18.9 Å². The molecule has 2 nitrogen and oxygen atoms in total. The van der Waals surface area contributed by atoms with Gasteiger partial charge in [-0.25, -0.2) is 0 Å². The quantitative estimate of drug-likeness (QED) is 0.639. The number of piperidine rings is 1. The van der Waals surface area contributed by atoms with E-state index in [0.29, 0.717) is 0 Å². The maximum atomic E-state index is 9.37. The van der Waals surface area contributed by atoms with E-state index in [1.807, 2.05) is 0 Å². The topological polar surface area (TPSA) is 23.5 Å². The van der Waals surface area contributed by atoms with Crippen molar-refractivity contribution in [1.82, 2.24) is 4.90 Å². The molecule has 0 bridgehead atoms. The van der Waals surface area contributed by atoms with Gasteiger partial charge >= 0.3 is 0 Å². The summed E-state index contributed by atoms with van der Waals surface area (Å²) < 4.78 is 0. The van der Waals surface area contributed by atoms with E-state index >= 15 is 0 Å². The molecule has 2 heteroatoms. The van der Waals surface area contributed by atoms with Crippen LogP contribution in [0, 0.1) is 5.92 Å². The van der Waals surface area contributed by atoms with E-state index < -0.39 is 0 Å². The molecule has 0 amide bonds. The first kappa shape index (κ1) is 7.56. The molecular formula is C9H17NO. The van der Waals surface area contributed by atoms with Gasteiger partial charge in [0, 0.05) is 13.1 Å². The number of rotatable bonds is 2. The first-order chi connectivity index (χ1) is 5.34. The predicted octanol–water partition coefficient (Wildman–Crippen LogP) is 0.853. The third-order valence-electron chi connectivity index (χ3n) is 2.69. The van der Waals surface area contributed by atoms with E-state index in [1.165, 1.54) is 32.4 Å². The molecule has 11 heavy (non-hydrogen) atoms. The molecule has 1 aliphatic carbocycles. The molecule has 1 atom stereocenters. The fourth-order valence-corrected chi connectivity index (χ4v) is 1.86. The zero-order chi connectivity index (χ0) is 7.68. The summed E-state index contributed by atoms with van der Waals surface area (Å²) in [5.74, 6) is 0.972. The average molecular weight is 155 g/mol. The highest BCUT2D eigenvalue weighted by atomic mass is 16.3. The van der Waals surface area contributed by atoms with Crippen LogP contribution in [0.2, 0.25) is 0 Å². The largest absolute Gasteiger partial charge is 0.392 e. The molecule has 0 aromatic carbocycles. The molecule has 64 valence electrons. The number of nitrogens with zero attached hydrogens (tertiary/aromatic N) is 1. The number of hydrogen-bond donors (Lipinski definition) is 1. The second-order valence-electron chi connectivity index (χ2n) is 4.00. The van der Waals surface area contributed by atoms with E-state index in [9.17, 15) is 5.11 Å². The summed E-state index contributed by atoms with van der Waals surface area (Å²) in [6, 6.07) is 0. The van der Waals surface area contributed by atoms with Gasteiger partial charge in [-0.05, 0) is 38.1 Å². The highest BCUT2D eigenvalue weighted by Crippen LogP contribution is 2.30. The Morgan fingerprint density at radius 3 is 2.73 bits per heavy atom. The highest BCUT2D eigenvalue weighted by molar-refractivity contribution is 4.80. The first-order valence-electron chi connectivity index (χ1n) is 4.75. The summed E-state index contributed by atoms with van der Waals surface area (Å²) in [4.78, 5) is 2.42. The standard InChI is InChI=1S/C9H17NO/c11-9-2-1-5-10(7-9)6-8-3-4-8/h8-9,11H,1-7H2/t9-/m0/s1. The van der Waals surface area contributed by atoms with Crippen LogP contribution >= 0.6 is 0 Å². The molecule has 1 saturated heterocycles. The fourth-order valence-electron chi connectivity index (χ4n) is 1.86. The Hall–Kier alpha value is -0.0800. The van der Waals surface area contributed by atoms with Crippen LogP contribution in [0.1, 0.15) is 25.7 Å². The molecular weight excluding hydrogens is 138 g/mol. The lowest BCUT2D eigenvalue weighted by molar-refractivity contribution is 0.0683. The van der Waals surface area contributed by atoms with Gasteiger partial charge in [-0.1, -0.05) is 0 Å². The normalized spacial score (nSPS) is 34.1. The molecule has 1 saturated carbocycles. The summed E-state index contributed by atoms with van der Waals surface area (Å²) in [6.07, 6.45) is 5.01. The lowest BCUT2D eigenvalue weighted by Crippen LogP contribution is -2.39. The minimum atomic E-state index is -0.0394. The summed E-state index contributed by atoms with van der Waals surface area (Å²) in [5.41, 5.74) is 0. The lowest BCUT2D eigenvalue weighted by Gasteiger charge is -2.29. The van der Waals surface area contributed by atoms with Crippen LogP contribution < -0.4 is 0 Å². The van der Waals surface area contributed by atoms with Crippen LogP contribution in [0.4, 0.5) is 0 Å². The van der Waals surface area contributed by atoms with Gasteiger partial charge in [0.2, 0.25) is 0 Å². The van der Waals surface area contributed by atoms with Crippen molar-refractivity contribution in [1.29, 1.82) is 0 Å². The SMILES string of the molecule is O[C@H]1CCCN(CC2CC2)C1. The number of hydrogen-bond acceptors (Lipinski definition) is 2. The van der Waals surface area contributed by atoms with Crippen molar-refractivity contribution >= 4 is 0 Å². The number of likely N-dealkylation sites (tertiary alicyclic amines) is 1. The van der Waals surface area contributed by atoms with E-state index in [2.05, 4.69) is 4.90 Å². The molecule has 0 radical (unpaired) electrons. The Kier molecular flexibility index (Phi) is 2.14. The molecule has 0 unspecified atom stereocenters. The van der Waals surface area contributed by atoms with Crippen LogP contribution in [-0.4, -0.2) is 35.7 Å². The maximum Gasteiger partial charge on any atom is 0.0667 e. The molecule has 1 N–H and O–H groups in total. The Balaban J connectivity index is 1.73. The van der Waals surface area contributed by atoms with Gasteiger partial charge in [0.1, 0.15) is 0 Å². The van der Waals surface area contributed by atoms with Crippen molar-refractivity contribution < 1.29 is 5.11 Å². The first-order valence-corrected chi connectivity index (χ1v) is 4.75. The number of aliphatic hydroxyl groups excluding tert-OH is 1. The summed E-state index contributed by atoms with van der Waals surface area (Å²) in [7, 11) is 0. The number of aliphatic hydroxyl groups is 1. The van der Waals surface area contributed by atoms with E-state index in [4.69, 9.17) is 0 Å². The second-order valence-corrected chi connectivity index (χ2v) is 4.00. The highest BCUT2D eigenvalue weighted by Gasteiger charge is 2.26. The molecule has 2 aliphatic rings. The van der Waals surface area contributed by atoms with Crippen LogP contribution in [0.25, 0.3) is 0 Å². The zero-order valence-electron chi connectivity index (χ0n) is 7.00. The number of β-amino-alcohol motifs (C(OH)–C–C–N with tert-alkyl or cyclic N) is 1. The summed E-state index contributed by atoms with van der Waals surface area (Å²) in [6.45, 7) is 3.39.